The number of nitro benzene ring substituents is 1. The van der Waals surface area contributed by atoms with Crippen molar-refractivity contribution in [2.75, 3.05) is 5.32 Å². The topological polar surface area (TPSA) is 110 Å². The van der Waals surface area contributed by atoms with Crippen molar-refractivity contribution in [1.29, 1.82) is 0 Å². The highest BCUT2D eigenvalue weighted by molar-refractivity contribution is 5.91. The van der Waals surface area contributed by atoms with Crippen molar-refractivity contribution in [1.82, 2.24) is 0 Å². The van der Waals surface area contributed by atoms with E-state index in [0.29, 0.717) is 12.1 Å². The molecule has 0 unspecified atom stereocenters. The summed E-state index contributed by atoms with van der Waals surface area (Å²) < 4.78 is 0. The van der Waals surface area contributed by atoms with Gasteiger partial charge in [0.25, 0.3) is 5.69 Å². The maximum absolute atomic E-state index is 11.7. The fourth-order valence-corrected chi connectivity index (χ4v) is 1.73. The van der Waals surface area contributed by atoms with Crippen LogP contribution in [0, 0.1) is 16.0 Å². The van der Waals surface area contributed by atoms with E-state index in [1.54, 1.807) is 13.0 Å². The number of carboxylic acids is 1. The zero-order chi connectivity index (χ0) is 15.1. The predicted octanol–water partition coefficient (Wildman–Crippen LogP) is 2.42. The second-order valence-electron chi connectivity index (χ2n) is 4.34. The molecule has 1 amide bonds. The van der Waals surface area contributed by atoms with E-state index in [1.807, 2.05) is 0 Å². The maximum Gasteiger partial charge on any atom is 0.306 e. The lowest BCUT2D eigenvalue weighted by atomic mass is 10.0. The minimum absolute atomic E-state index is 0.0630. The monoisotopic (exact) mass is 280 g/mol. The zero-order valence-corrected chi connectivity index (χ0v) is 11.0. The number of carboxylic acid groups (broad SMARTS) is 1. The van der Waals surface area contributed by atoms with Gasteiger partial charge in [-0.15, -0.1) is 0 Å². The van der Waals surface area contributed by atoms with E-state index in [-0.39, 0.29) is 24.4 Å². The first-order valence-corrected chi connectivity index (χ1v) is 6.21. The van der Waals surface area contributed by atoms with E-state index in [9.17, 15) is 19.7 Å². The number of benzene rings is 1. The highest BCUT2D eigenvalue weighted by atomic mass is 16.6. The molecule has 7 heteroatoms. The van der Waals surface area contributed by atoms with Crippen LogP contribution >= 0.6 is 0 Å². The van der Waals surface area contributed by atoms with E-state index in [0.717, 1.165) is 0 Å². The van der Waals surface area contributed by atoms with Crippen molar-refractivity contribution >= 4 is 23.3 Å². The second kappa shape index (κ2) is 7.22. The summed E-state index contributed by atoms with van der Waals surface area (Å²) >= 11 is 0. The minimum Gasteiger partial charge on any atom is -0.481 e. The van der Waals surface area contributed by atoms with Gasteiger partial charge in [0.05, 0.1) is 10.8 Å². The van der Waals surface area contributed by atoms with Crippen molar-refractivity contribution in [2.45, 2.75) is 26.2 Å². The Morgan fingerprint density at radius 3 is 2.70 bits per heavy atom. The molecule has 0 aliphatic carbocycles. The van der Waals surface area contributed by atoms with Gasteiger partial charge in [0.15, 0.2) is 0 Å². The van der Waals surface area contributed by atoms with Crippen LogP contribution in [0.15, 0.2) is 24.3 Å². The number of aliphatic carboxylic acids is 1. The van der Waals surface area contributed by atoms with Crippen LogP contribution < -0.4 is 5.32 Å². The van der Waals surface area contributed by atoms with Crippen LogP contribution in [-0.2, 0) is 9.59 Å². The van der Waals surface area contributed by atoms with E-state index in [4.69, 9.17) is 5.11 Å². The Labute approximate surface area is 115 Å². The zero-order valence-electron chi connectivity index (χ0n) is 11.0. The Balaban J connectivity index is 2.56. The predicted molar refractivity (Wildman–Crippen MR) is 72.4 cm³/mol. The first-order valence-electron chi connectivity index (χ1n) is 6.21. The van der Waals surface area contributed by atoms with Crippen LogP contribution in [-0.4, -0.2) is 21.9 Å². The summed E-state index contributed by atoms with van der Waals surface area (Å²) in [7, 11) is 0. The number of hydrogen-bond donors (Lipinski definition) is 2. The van der Waals surface area contributed by atoms with Crippen LogP contribution in [0.5, 0.6) is 0 Å². The van der Waals surface area contributed by atoms with Gasteiger partial charge in [-0.25, -0.2) is 0 Å². The fraction of sp³-hybridized carbons (Fsp3) is 0.385. The lowest BCUT2D eigenvalue weighted by Gasteiger charge is -2.09. The van der Waals surface area contributed by atoms with Crippen molar-refractivity contribution in [3.05, 3.63) is 34.4 Å². The highest BCUT2D eigenvalue weighted by Gasteiger charge is 2.16. The van der Waals surface area contributed by atoms with Crippen molar-refractivity contribution in [3.8, 4) is 0 Å². The van der Waals surface area contributed by atoms with E-state index in [1.165, 1.54) is 18.2 Å². The summed E-state index contributed by atoms with van der Waals surface area (Å²) in [4.78, 5) is 32.5. The number of nitrogens with one attached hydrogen (secondary N) is 1. The molecule has 0 heterocycles. The number of non-ortho nitro benzene ring substituents is 1. The molecular formula is C13H16N2O5. The summed E-state index contributed by atoms with van der Waals surface area (Å²) in [6.07, 6.45) is 0.763. The average Bonchev–Trinajstić information content (AvgIpc) is 2.39. The molecule has 20 heavy (non-hydrogen) atoms. The summed E-state index contributed by atoms with van der Waals surface area (Å²) in [5.41, 5.74) is 0.215. The molecule has 0 fully saturated rings. The number of nitrogens with zero attached hydrogens (tertiary/aromatic N) is 1. The number of nitro groups is 1. The molecule has 0 aliphatic heterocycles. The van der Waals surface area contributed by atoms with Crippen LogP contribution in [0.1, 0.15) is 26.2 Å². The molecule has 0 aliphatic rings. The molecule has 2 N–H and O–H groups in total. The lowest BCUT2D eigenvalue weighted by Crippen LogP contribution is -2.17. The van der Waals surface area contributed by atoms with E-state index in [2.05, 4.69) is 5.32 Å². The third-order valence-corrected chi connectivity index (χ3v) is 2.90. The third kappa shape index (κ3) is 4.68. The van der Waals surface area contributed by atoms with Gasteiger partial charge >= 0.3 is 5.97 Å². The number of carbonyl (C=O) groups is 2. The molecule has 1 aromatic rings. The molecule has 0 saturated heterocycles. The molecule has 1 aromatic carbocycles. The quantitative estimate of drug-likeness (QED) is 0.588. The van der Waals surface area contributed by atoms with Crippen molar-refractivity contribution in [3.63, 3.8) is 0 Å². The third-order valence-electron chi connectivity index (χ3n) is 2.90. The van der Waals surface area contributed by atoms with E-state index >= 15 is 0 Å². The minimum atomic E-state index is -0.921. The molecule has 0 radical (unpaired) electrons. The molecular weight excluding hydrogens is 264 g/mol. The Morgan fingerprint density at radius 1 is 1.45 bits per heavy atom. The van der Waals surface area contributed by atoms with E-state index < -0.39 is 16.8 Å². The van der Waals surface area contributed by atoms with Crippen LogP contribution in [0.25, 0.3) is 0 Å². The number of hydrogen-bond acceptors (Lipinski definition) is 4. The summed E-state index contributed by atoms with van der Waals surface area (Å²) in [6, 6.07) is 5.60. The molecule has 7 nitrogen and oxygen atoms in total. The highest BCUT2D eigenvalue weighted by Crippen LogP contribution is 2.18. The molecule has 0 spiro atoms. The van der Waals surface area contributed by atoms with Crippen LogP contribution in [0.2, 0.25) is 0 Å². The lowest BCUT2D eigenvalue weighted by molar-refractivity contribution is -0.384. The largest absolute Gasteiger partial charge is 0.481 e. The van der Waals surface area contributed by atoms with Crippen molar-refractivity contribution < 1.29 is 19.6 Å². The number of rotatable bonds is 7. The van der Waals surface area contributed by atoms with Gasteiger partial charge < -0.3 is 10.4 Å². The second-order valence-corrected chi connectivity index (χ2v) is 4.34. The Morgan fingerprint density at radius 2 is 2.15 bits per heavy atom. The summed E-state index contributed by atoms with van der Waals surface area (Å²) in [5.74, 6) is -1.83. The van der Waals surface area contributed by atoms with Gasteiger partial charge in [0, 0.05) is 24.2 Å². The van der Waals surface area contributed by atoms with Gasteiger partial charge in [-0.1, -0.05) is 13.0 Å². The molecule has 0 saturated carbocycles. The molecule has 108 valence electrons. The Bertz CT molecular complexity index is 515. The average molecular weight is 280 g/mol. The Kier molecular flexibility index (Phi) is 5.64. The summed E-state index contributed by atoms with van der Waals surface area (Å²) in [5, 5.41) is 22.0. The van der Waals surface area contributed by atoms with Gasteiger partial charge in [0.2, 0.25) is 5.91 Å². The number of amides is 1. The van der Waals surface area contributed by atoms with Gasteiger partial charge in [0.1, 0.15) is 0 Å². The normalized spacial score (nSPS) is 11.7. The molecule has 0 bridgehead atoms. The van der Waals surface area contributed by atoms with Gasteiger partial charge in [-0.3, -0.25) is 19.7 Å². The van der Waals surface area contributed by atoms with Gasteiger partial charge in [-0.2, -0.15) is 0 Å². The SMILES string of the molecule is CC[C@@H](CCC(=O)Nc1cccc([N+](=O)[O-])c1)C(=O)O. The fourth-order valence-electron chi connectivity index (χ4n) is 1.73. The molecule has 1 rings (SSSR count). The number of carbonyl (C=O) groups excluding carboxylic acids is 1. The van der Waals surface area contributed by atoms with Crippen molar-refractivity contribution in [2.24, 2.45) is 5.92 Å². The van der Waals surface area contributed by atoms with Gasteiger partial charge in [-0.05, 0) is 18.9 Å². The summed E-state index contributed by atoms with van der Waals surface area (Å²) in [6.45, 7) is 1.75. The first kappa shape index (κ1) is 15.6. The first-order chi connectivity index (χ1) is 9.43. The molecule has 1 atom stereocenters. The Hall–Kier alpha value is -2.44. The van der Waals surface area contributed by atoms with Crippen LogP contribution in [0.3, 0.4) is 0 Å². The standard InChI is InChI=1S/C13H16N2O5/c1-2-9(13(17)18)6-7-12(16)14-10-4-3-5-11(8-10)15(19)20/h3-5,8-9H,2,6-7H2,1H3,(H,14,16)(H,17,18)/t9-/m0/s1. The maximum atomic E-state index is 11.7. The van der Waals surface area contributed by atoms with Crippen LogP contribution in [0.4, 0.5) is 11.4 Å². The number of anilines is 1. The smallest absolute Gasteiger partial charge is 0.306 e. The molecule has 0 aromatic heterocycles.